The summed E-state index contributed by atoms with van der Waals surface area (Å²) in [4.78, 5) is 12.3. The Bertz CT molecular complexity index is 572. The maximum Gasteiger partial charge on any atom is 0.335 e. The Morgan fingerprint density at radius 1 is 0.957 bits per heavy atom. The molecule has 2 rings (SSSR count). The Labute approximate surface area is 137 Å². The molecule has 0 fully saturated rings. The normalized spacial score (nSPS) is 11.9. The third-order valence-electron chi connectivity index (χ3n) is 3.44. The van der Waals surface area contributed by atoms with E-state index >= 15 is 0 Å². The van der Waals surface area contributed by atoms with Crippen LogP contribution in [0.1, 0.15) is 17.5 Å². The molecule has 0 radical (unpaired) electrons. The minimum absolute atomic E-state index is 0.268. The second kappa shape index (κ2) is 9.77. The topological polar surface area (TPSA) is 47.6 Å². The van der Waals surface area contributed by atoms with Crippen molar-refractivity contribution in [2.45, 2.75) is 25.7 Å². The van der Waals surface area contributed by atoms with Crippen LogP contribution in [-0.2, 0) is 27.5 Å². The van der Waals surface area contributed by atoms with Gasteiger partial charge in [0, 0.05) is 0 Å². The summed E-state index contributed by atoms with van der Waals surface area (Å²) in [5, 5.41) is 3.04. The van der Waals surface area contributed by atoms with Crippen molar-refractivity contribution >= 4 is 5.97 Å². The van der Waals surface area contributed by atoms with E-state index in [0.717, 1.165) is 11.1 Å². The van der Waals surface area contributed by atoms with Crippen LogP contribution in [-0.4, -0.2) is 25.7 Å². The van der Waals surface area contributed by atoms with Gasteiger partial charge < -0.3 is 14.8 Å². The number of hydrogen-bond donors (Lipinski definition) is 1. The first-order valence-corrected chi connectivity index (χ1v) is 7.80. The highest BCUT2D eigenvalue weighted by atomic mass is 16.6. The van der Waals surface area contributed by atoms with Crippen molar-refractivity contribution in [3.63, 3.8) is 0 Å². The van der Waals surface area contributed by atoms with Gasteiger partial charge in [-0.05, 0) is 31.1 Å². The van der Waals surface area contributed by atoms with Gasteiger partial charge >= 0.3 is 5.97 Å². The van der Waals surface area contributed by atoms with Gasteiger partial charge in [-0.15, -0.1) is 0 Å². The first-order valence-electron chi connectivity index (χ1n) is 7.80. The van der Waals surface area contributed by atoms with Crippen LogP contribution in [0.5, 0.6) is 0 Å². The van der Waals surface area contributed by atoms with Crippen LogP contribution >= 0.6 is 0 Å². The smallest absolute Gasteiger partial charge is 0.335 e. The molecule has 2 aromatic rings. The molecule has 122 valence electrons. The third kappa shape index (κ3) is 6.22. The highest BCUT2D eigenvalue weighted by molar-refractivity contribution is 5.74. The van der Waals surface area contributed by atoms with Crippen LogP contribution in [0.25, 0.3) is 0 Å². The lowest BCUT2D eigenvalue weighted by Crippen LogP contribution is -2.29. The number of carbonyl (C=O) groups excluding carboxylic acids is 1. The summed E-state index contributed by atoms with van der Waals surface area (Å²) in [5.41, 5.74) is 2.01. The zero-order chi connectivity index (χ0) is 16.3. The predicted molar refractivity (Wildman–Crippen MR) is 89.8 cm³/mol. The molecule has 23 heavy (non-hydrogen) atoms. The maximum atomic E-state index is 12.3. The fourth-order valence-electron chi connectivity index (χ4n) is 2.14. The summed E-state index contributed by atoms with van der Waals surface area (Å²) in [5.74, 6) is -0.319. The van der Waals surface area contributed by atoms with Gasteiger partial charge in [0.15, 0.2) is 6.10 Å². The second-order valence-corrected chi connectivity index (χ2v) is 5.27. The van der Waals surface area contributed by atoms with E-state index in [1.165, 1.54) is 0 Å². The molecule has 0 aromatic heterocycles. The molecule has 0 aliphatic carbocycles. The fourth-order valence-corrected chi connectivity index (χ4v) is 2.14. The van der Waals surface area contributed by atoms with Crippen molar-refractivity contribution in [2.75, 3.05) is 13.6 Å². The average Bonchev–Trinajstić information content (AvgIpc) is 2.61. The zero-order valence-corrected chi connectivity index (χ0v) is 13.4. The maximum absolute atomic E-state index is 12.3. The van der Waals surface area contributed by atoms with Gasteiger partial charge in [0.2, 0.25) is 0 Å². The van der Waals surface area contributed by atoms with Gasteiger partial charge in [-0.25, -0.2) is 4.79 Å². The molecule has 1 unspecified atom stereocenters. The van der Waals surface area contributed by atoms with Gasteiger partial charge in [-0.2, -0.15) is 0 Å². The summed E-state index contributed by atoms with van der Waals surface area (Å²) < 4.78 is 11.1. The Kier molecular flexibility index (Phi) is 7.30. The molecule has 0 spiro atoms. The third-order valence-corrected chi connectivity index (χ3v) is 3.44. The quantitative estimate of drug-likeness (QED) is 0.723. The highest BCUT2D eigenvalue weighted by Gasteiger charge is 2.20. The molecular weight excluding hydrogens is 290 g/mol. The molecule has 0 saturated carbocycles. The van der Waals surface area contributed by atoms with Crippen LogP contribution in [0.4, 0.5) is 0 Å². The lowest BCUT2D eigenvalue weighted by atomic mass is 10.2. The zero-order valence-electron chi connectivity index (χ0n) is 13.4. The van der Waals surface area contributed by atoms with Gasteiger partial charge in [0.25, 0.3) is 0 Å². The van der Waals surface area contributed by atoms with Crippen LogP contribution in [0.3, 0.4) is 0 Å². The molecule has 1 atom stereocenters. The van der Waals surface area contributed by atoms with Crippen molar-refractivity contribution in [1.29, 1.82) is 0 Å². The largest absolute Gasteiger partial charge is 0.459 e. The van der Waals surface area contributed by atoms with Crippen molar-refractivity contribution in [2.24, 2.45) is 0 Å². The summed E-state index contributed by atoms with van der Waals surface area (Å²) in [6, 6.07) is 19.5. The number of benzene rings is 2. The van der Waals surface area contributed by atoms with E-state index in [9.17, 15) is 4.79 Å². The first-order chi connectivity index (χ1) is 11.3. The standard InChI is InChI=1S/C19H23NO3/c1-20-13-12-18(22-14-16-8-4-2-5-9-16)19(21)23-15-17-10-6-3-7-11-17/h2-11,18,20H,12-15H2,1H3. The molecule has 0 aliphatic rings. The molecule has 4 heteroatoms. The molecule has 0 bridgehead atoms. The number of rotatable bonds is 9. The lowest BCUT2D eigenvalue weighted by Gasteiger charge is -2.17. The molecular formula is C19H23NO3. The van der Waals surface area contributed by atoms with Gasteiger partial charge in [0.05, 0.1) is 6.61 Å². The molecule has 2 aromatic carbocycles. The Balaban J connectivity index is 1.87. The lowest BCUT2D eigenvalue weighted by molar-refractivity contribution is -0.159. The minimum atomic E-state index is -0.564. The van der Waals surface area contributed by atoms with Gasteiger partial charge in [-0.1, -0.05) is 60.7 Å². The first kappa shape index (κ1) is 17.2. The van der Waals surface area contributed by atoms with Crippen LogP contribution in [0.15, 0.2) is 60.7 Å². The second-order valence-electron chi connectivity index (χ2n) is 5.27. The fraction of sp³-hybridized carbons (Fsp3) is 0.316. The van der Waals surface area contributed by atoms with Crippen molar-refractivity contribution < 1.29 is 14.3 Å². The molecule has 0 aliphatic heterocycles. The molecule has 4 nitrogen and oxygen atoms in total. The summed E-state index contributed by atoms with van der Waals surface area (Å²) in [6.45, 7) is 1.36. The SMILES string of the molecule is CNCCC(OCc1ccccc1)C(=O)OCc1ccccc1. The summed E-state index contributed by atoms with van der Waals surface area (Å²) in [7, 11) is 1.85. The van der Waals surface area contributed by atoms with E-state index in [2.05, 4.69) is 5.32 Å². The highest BCUT2D eigenvalue weighted by Crippen LogP contribution is 2.09. The monoisotopic (exact) mass is 313 g/mol. The number of esters is 1. The van der Waals surface area contributed by atoms with E-state index < -0.39 is 6.10 Å². The van der Waals surface area contributed by atoms with E-state index in [0.29, 0.717) is 19.6 Å². The van der Waals surface area contributed by atoms with Gasteiger partial charge in [-0.3, -0.25) is 0 Å². The minimum Gasteiger partial charge on any atom is -0.459 e. The summed E-state index contributed by atoms with van der Waals surface area (Å²) in [6.07, 6.45) is 0.0168. The average molecular weight is 313 g/mol. The molecule has 0 saturated heterocycles. The molecule has 0 amide bonds. The Morgan fingerprint density at radius 2 is 1.52 bits per heavy atom. The Hall–Kier alpha value is -2.17. The van der Waals surface area contributed by atoms with Gasteiger partial charge in [0.1, 0.15) is 6.61 Å². The number of hydrogen-bond acceptors (Lipinski definition) is 4. The predicted octanol–water partition coefficient (Wildman–Crippen LogP) is 2.92. The van der Waals surface area contributed by atoms with E-state index in [1.807, 2.05) is 67.7 Å². The van der Waals surface area contributed by atoms with Crippen LogP contribution in [0, 0.1) is 0 Å². The van der Waals surface area contributed by atoms with E-state index in [-0.39, 0.29) is 12.6 Å². The van der Waals surface area contributed by atoms with E-state index in [4.69, 9.17) is 9.47 Å². The molecule has 1 N–H and O–H groups in total. The summed E-state index contributed by atoms with van der Waals surface area (Å²) >= 11 is 0. The van der Waals surface area contributed by atoms with Crippen LogP contribution < -0.4 is 5.32 Å². The number of carbonyl (C=O) groups is 1. The van der Waals surface area contributed by atoms with Crippen molar-refractivity contribution in [3.05, 3.63) is 71.8 Å². The van der Waals surface area contributed by atoms with Crippen LogP contribution in [0.2, 0.25) is 0 Å². The van der Waals surface area contributed by atoms with E-state index in [1.54, 1.807) is 0 Å². The molecule has 0 heterocycles. The number of nitrogens with one attached hydrogen (secondary N) is 1. The van der Waals surface area contributed by atoms with Crippen molar-refractivity contribution in [1.82, 2.24) is 5.32 Å². The Morgan fingerprint density at radius 3 is 2.09 bits per heavy atom. The van der Waals surface area contributed by atoms with Crippen molar-refractivity contribution in [3.8, 4) is 0 Å². The number of ether oxygens (including phenoxy) is 2.